The lowest BCUT2D eigenvalue weighted by Crippen LogP contribution is -2.06. The van der Waals surface area contributed by atoms with Gasteiger partial charge in [-0.15, -0.1) is 0 Å². The Balaban J connectivity index is 2.31. The fourth-order valence-electron chi connectivity index (χ4n) is 2.13. The summed E-state index contributed by atoms with van der Waals surface area (Å²) in [4.78, 5) is 15.4. The predicted molar refractivity (Wildman–Crippen MR) is 58.9 cm³/mol. The first-order valence-electron chi connectivity index (χ1n) is 5.38. The predicted octanol–water partition coefficient (Wildman–Crippen LogP) is 2.22. The van der Waals surface area contributed by atoms with Gasteiger partial charge < -0.3 is 5.11 Å². The molecule has 1 fully saturated rings. The molecule has 2 heterocycles. The highest BCUT2D eigenvalue weighted by atomic mass is 16.4. The third-order valence-corrected chi connectivity index (χ3v) is 3.14. The van der Waals surface area contributed by atoms with E-state index < -0.39 is 5.97 Å². The number of imidazole rings is 1. The van der Waals surface area contributed by atoms with E-state index in [1.54, 1.807) is 6.07 Å². The van der Waals surface area contributed by atoms with Crippen molar-refractivity contribution < 1.29 is 9.90 Å². The maximum Gasteiger partial charge on any atom is 0.337 e. The lowest BCUT2D eigenvalue weighted by molar-refractivity contribution is 0.0695. The van der Waals surface area contributed by atoms with Gasteiger partial charge in [0.2, 0.25) is 0 Å². The van der Waals surface area contributed by atoms with Gasteiger partial charge in [0.1, 0.15) is 5.82 Å². The van der Waals surface area contributed by atoms with Crippen LogP contribution < -0.4 is 0 Å². The molecule has 0 aliphatic heterocycles. The van der Waals surface area contributed by atoms with Crippen LogP contribution in [0.3, 0.4) is 0 Å². The summed E-state index contributed by atoms with van der Waals surface area (Å²) < 4.78 is 1.97. The van der Waals surface area contributed by atoms with Gasteiger partial charge >= 0.3 is 5.97 Å². The zero-order valence-corrected chi connectivity index (χ0v) is 8.97. The van der Waals surface area contributed by atoms with Crippen molar-refractivity contribution in [2.75, 3.05) is 0 Å². The van der Waals surface area contributed by atoms with Gasteiger partial charge in [-0.3, -0.25) is 4.40 Å². The van der Waals surface area contributed by atoms with Crippen LogP contribution in [0.4, 0.5) is 0 Å². The maximum atomic E-state index is 11.1. The van der Waals surface area contributed by atoms with E-state index in [2.05, 4.69) is 4.98 Å². The first-order valence-corrected chi connectivity index (χ1v) is 5.38. The van der Waals surface area contributed by atoms with Crippen LogP contribution in [0, 0.1) is 6.92 Å². The smallest absolute Gasteiger partial charge is 0.337 e. The van der Waals surface area contributed by atoms with Gasteiger partial charge in [-0.05, 0) is 31.9 Å². The van der Waals surface area contributed by atoms with E-state index in [-0.39, 0.29) is 0 Å². The van der Waals surface area contributed by atoms with Crippen LogP contribution in [0.2, 0.25) is 0 Å². The minimum absolute atomic E-state index is 0.354. The standard InChI is InChI=1S/C12H12N2O2/c1-7-10(12(15)16)5-4-9-6-13-11(14(7)9)8-2-3-8/h4-6,8H,2-3H2,1H3,(H,15,16). The van der Waals surface area contributed by atoms with E-state index in [0.29, 0.717) is 11.5 Å². The molecule has 1 aliphatic carbocycles. The van der Waals surface area contributed by atoms with Gasteiger partial charge in [0.15, 0.2) is 0 Å². The zero-order valence-electron chi connectivity index (χ0n) is 8.97. The molecule has 0 spiro atoms. The van der Waals surface area contributed by atoms with Crippen molar-refractivity contribution in [2.24, 2.45) is 0 Å². The fraction of sp³-hybridized carbons (Fsp3) is 0.333. The summed E-state index contributed by atoms with van der Waals surface area (Å²) in [5.41, 5.74) is 2.10. The molecule has 4 nitrogen and oxygen atoms in total. The number of aryl methyl sites for hydroxylation is 1. The molecule has 0 aromatic carbocycles. The molecule has 82 valence electrons. The van der Waals surface area contributed by atoms with E-state index in [1.165, 1.54) is 0 Å². The summed E-state index contributed by atoms with van der Waals surface area (Å²) in [6.45, 7) is 1.84. The molecule has 16 heavy (non-hydrogen) atoms. The second kappa shape index (κ2) is 3.07. The topological polar surface area (TPSA) is 54.6 Å². The number of hydrogen-bond donors (Lipinski definition) is 1. The molecule has 2 aromatic rings. The van der Waals surface area contributed by atoms with Gasteiger partial charge in [-0.1, -0.05) is 0 Å². The lowest BCUT2D eigenvalue weighted by atomic mass is 10.2. The van der Waals surface area contributed by atoms with Crippen molar-refractivity contribution in [3.05, 3.63) is 35.4 Å². The molecule has 1 N–H and O–H groups in total. The molecule has 4 heteroatoms. The minimum atomic E-state index is -0.880. The Kier molecular flexibility index (Phi) is 1.80. The second-order valence-corrected chi connectivity index (χ2v) is 4.29. The normalized spacial score (nSPS) is 15.6. The van der Waals surface area contributed by atoms with Gasteiger partial charge in [0.25, 0.3) is 0 Å². The Morgan fingerprint density at radius 1 is 1.50 bits per heavy atom. The van der Waals surface area contributed by atoms with Gasteiger partial charge in [0.05, 0.1) is 17.3 Å². The Morgan fingerprint density at radius 2 is 2.25 bits per heavy atom. The highest BCUT2D eigenvalue weighted by molar-refractivity contribution is 5.89. The molecule has 1 aliphatic rings. The molecular formula is C12H12N2O2. The Morgan fingerprint density at radius 3 is 2.88 bits per heavy atom. The van der Waals surface area contributed by atoms with Crippen molar-refractivity contribution >= 4 is 11.5 Å². The lowest BCUT2D eigenvalue weighted by Gasteiger charge is -2.07. The molecule has 3 rings (SSSR count). The van der Waals surface area contributed by atoms with Crippen molar-refractivity contribution in [1.29, 1.82) is 0 Å². The van der Waals surface area contributed by atoms with Crippen molar-refractivity contribution in [1.82, 2.24) is 9.38 Å². The number of fused-ring (bicyclic) bond motifs is 1. The summed E-state index contributed by atoms with van der Waals surface area (Å²) >= 11 is 0. The SMILES string of the molecule is Cc1c(C(=O)O)ccc2cnc(C3CC3)n12. The van der Waals surface area contributed by atoms with Gasteiger partial charge in [-0.2, -0.15) is 0 Å². The number of rotatable bonds is 2. The highest BCUT2D eigenvalue weighted by Crippen LogP contribution is 2.39. The number of carboxylic acid groups (broad SMARTS) is 1. The number of aromatic nitrogens is 2. The van der Waals surface area contributed by atoms with E-state index in [1.807, 2.05) is 23.6 Å². The number of hydrogen-bond acceptors (Lipinski definition) is 2. The Labute approximate surface area is 92.5 Å². The van der Waals surface area contributed by atoms with Crippen LogP contribution in [0.15, 0.2) is 18.3 Å². The fourth-order valence-corrected chi connectivity index (χ4v) is 2.13. The average Bonchev–Trinajstić information content (AvgIpc) is 2.99. The van der Waals surface area contributed by atoms with Gasteiger partial charge in [-0.25, -0.2) is 9.78 Å². The molecule has 0 unspecified atom stereocenters. The number of pyridine rings is 1. The van der Waals surface area contributed by atoms with E-state index in [9.17, 15) is 4.79 Å². The van der Waals surface area contributed by atoms with Crippen molar-refractivity contribution in [3.8, 4) is 0 Å². The molecule has 0 atom stereocenters. The van der Waals surface area contributed by atoms with Gasteiger partial charge in [0, 0.05) is 11.6 Å². The monoisotopic (exact) mass is 216 g/mol. The molecule has 0 amide bonds. The van der Waals surface area contributed by atoms with E-state index in [0.717, 1.165) is 29.9 Å². The number of carboxylic acids is 1. The van der Waals surface area contributed by atoms with E-state index >= 15 is 0 Å². The first kappa shape index (κ1) is 9.39. The summed E-state index contributed by atoms with van der Waals surface area (Å²) in [5.74, 6) is 0.649. The largest absolute Gasteiger partial charge is 0.478 e. The molecule has 1 saturated carbocycles. The van der Waals surface area contributed by atoms with Crippen LogP contribution in [0.1, 0.15) is 40.6 Å². The summed E-state index contributed by atoms with van der Waals surface area (Å²) in [6, 6.07) is 3.46. The number of carbonyl (C=O) groups is 1. The molecule has 0 bridgehead atoms. The van der Waals surface area contributed by atoms with Crippen LogP contribution in [0.25, 0.3) is 5.52 Å². The van der Waals surface area contributed by atoms with Crippen LogP contribution in [0.5, 0.6) is 0 Å². The third kappa shape index (κ3) is 1.23. The quantitative estimate of drug-likeness (QED) is 0.837. The average molecular weight is 216 g/mol. The molecular weight excluding hydrogens is 204 g/mol. The Bertz CT molecular complexity index is 582. The van der Waals surface area contributed by atoms with Crippen molar-refractivity contribution in [2.45, 2.75) is 25.7 Å². The minimum Gasteiger partial charge on any atom is -0.478 e. The second-order valence-electron chi connectivity index (χ2n) is 4.29. The summed E-state index contributed by atoms with van der Waals surface area (Å²) in [7, 11) is 0. The maximum absolute atomic E-state index is 11.1. The number of aromatic carboxylic acids is 1. The zero-order chi connectivity index (χ0) is 11.3. The Hall–Kier alpha value is -1.84. The van der Waals surface area contributed by atoms with Crippen LogP contribution in [-0.4, -0.2) is 20.5 Å². The van der Waals surface area contributed by atoms with Crippen LogP contribution >= 0.6 is 0 Å². The highest BCUT2D eigenvalue weighted by Gasteiger charge is 2.28. The third-order valence-electron chi connectivity index (χ3n) is 3.14. The first-order chi connectivity index (χ1) is 7.68. The molecule has 0 radical (unpaired) electrons. The summed E-state index contributed by atoms with van der Waals surface area (Å²) in [6.07, 6.45) is 4.14. The van der Waals surface area contributed by atoms with Crippen molar-refractivity contribution in [3.63, 3.8) is 0 Å². The van der Waals surface area contributed by atoms with E-state index in [4.69, 9.17) is 5.11 Å². The summed E-state index contributed by atoms with van der Waals surface area (Å²) in [5, 5.41) is 9.07. The number of nitrogens with zero attached hydrogens (tertiary/aromatic N) is 2. The molecule has 0 saturated heterocycles. The molecule has 2 aromatic heterocycles. The van der Waals surface area contributed by atoms with Crippen LogP contribution in [-0.2, 0) is 0 Å².